The van der Waals surface area contributed by atoms with E-state index >= 15 is 0 Å². The molecule has 0 aliphatic heterocycles. The van der Waals surface area contributed by atoms with Gasteiger partial charge in [-0.1, -0.05) is 44.0 Å². The Labute approximate surface area is 149 Å². The maximum absolute atomic E-state index is 12.5. The minimum absolute atomic E-state index is 0.207. The van der Waals surface area contributed by atoms with Crippen molar-refractivity contribution in [2.24, 2.45) is 0 Å². The van der Waals surface area contributed by atoms with Crippen molar-refractivity contribution in [3.8, 4) is 0 Å². The Hall–Kier alpha value is -0.210. The fraction of sp³-hybridized carbons (Fsp3) is 0.143. The van der Waals surface area contributed by atoms with E-state index in [1.807, 2.05) is 31.2 Å². The first kappa shape index (κ1) is 17.1. The molecule has 0 bridgehead atoms. The summed E-state index contributed by atoms with van der Waals surface area (Å²) >= 11 is 9.95. The van der Waals surface area contributed by atoms with Crippen molar-refractivity contribution in [2.45, 2.75) is 17.9 Å². The minimum Gasteiger partial charge on any atom is -0.207 e. The Morgan fingerprint density at radius 3 is 2.33 bits per heavy atom. The lowest BCUT2D eigenvalue weighted by Gasteiger charge is -2.16. The molecule has 0 spiro atoms. The van der Waals surface area contributed by atoms with Crippen molar-refractivity contribution >= 4 is 57.8 Å². The molecular weight excluding hydrogens is 486 g/mol. The quantitative estimate of drug-likeness (QED) is 0.645. The van der Waals surface area contributed by atoms with Crippen LogP contribution in [0.2, 0.25) is 0 Å². The van der Waals surface area contributed by atoms with Crippen molar-refractivity contribution in [2.75, 3.05) is 0 Å². The zero-order chi connectivity index (χ0) is 15.6. The molecule has 0 fully saturated rings. The molecule has 0 saturated heterocycles. The topological polar surface area (TPSA) is 46.2 Å². The van der Waals surface area contributed by atoms with Crippen LogP contribution in [0.25, 0.3) is 0 Å². The van der Waals surface area contributed by atoms with E-state index in [0.29, 0.717) is 8.95 Å². The van der Waals surface area contributed by atoms with Gasteiger partial charge in [0, 0.05) is 19.5 Å². The van der Waals surface area contributed by atoms with Gasteiger partial charge in [-0.15, -0.1) is 0 Å². The van der Waals surface area contributed by atoms with Gasteiger partial charge in [-0.25, -0.2) is 13.1 Å². The summed E-state index contributed by atoms with van der Waals surface area (Å²) in [6.45, 7) is 1.81. The first-order chi connectivity index (χ1) is 9.79. The molecule has 0 aliphatic rings. The summed E-state index contributed by atoms with van der Waals surface area (Å²) in [7, 11) is -3.62. The molecule has 2 rings (SSSR count). The predicted molar refractivity (Wildman–Crippen MR) is 94.7 cm³/mol. The van der Waals surface area contributed by atoms with Crippen molar-refractivity contribution in [1.82, 2.24) is 4.72 Å². The monoisotopic (exact) mass is 495 g/mol. The van der Waals surface area contributed by atoms with Gasteiger partial charge in [0.2, 0.25) is 10.0 Å². The highest BCUT2D eigenvalue weighted by Gasteiger charge is 2.21. The number of hydrogen-bond acceptors (Lipinski definition) is 2. The first-order valence-electron chi connectivity index (χ1n) is 6.02. The normalized spacial score (nSPS) is 13.1. The summed E-state index contributed by atoms with van der Waals surface area (Å²) in [5.74, 6) is 0. The van der Waals surface area contributed by atoms with Crippen LogP contribution in [0.4, 0.5) is 0 Å². The molecule has 0 amide bonds. The van der Waals surface area contributed by atoms with Crippen LogP contribution in [0.5, 0.6) is 0 Å². The number of hydrogen-bond donors (Lipinski definition) is 1. The van der Waals surface area contributed by atoms with Crippen LogP contribution in [-0.2, 0) is 10.0 Å². The van der Waals surface area contributed by atoms with Gasteiger partial charge in [-0.3, -0.25) is 0 Å². The standard InChI is InChI=1S/C14H12Br3NO2S/c1-9(10-3-2-4-11(15)7-10)18-21(19,20)14-8-12(16)5-6-13(14)17/h2-9,18H,1H3. The summed E-state index contributed by atoms with van der Waals surface area (Å²) in [5, 5.41) is 0. The van der Waals surface area contributed by atoms with Gasteiger partial charge in [0.1, 0.15) is 0 Å². The molecule has 0 aromatic heterocycles. The number of rotatable bonds is 4. The molecule has 21 heavy (non-hydrogen) atoms. The lowest BCUT2D eigenvalue weighted by molar-refractivity contribution is 0.566. The van der Waals surface area contributed by atoms with Crippen molar-refractivity contribution in [3.63, 3.8) is 0 Å². The van der Waals surface area contributed by atoms with Gasteiger partial charge in [-0.2, -0.15) is 0 Å². The third-order valence-corrected chi connectivity index (χ3v) is 6.38. The smallest absolute Gasteiger partial charge is 0.207 e. The maximum atomic E-state index is 12.5. The number of halogens is 3. The molecule has 2 aromatic carbocycles. The van der Waals surface area contributed by atoms with Gasteiger partial charge in [0.25, 0.3) is 0 Å². The fourth-order valence-corrected chi connectivity index (χ4v) is 4.97. The van der Waals surface area contributed by atoms with Crippen LogP contribution in [0.1, 0.15) is 18.5 Å². The Kier molecular flexibility index (Phi) is 5.65. The SMILES string of the molecule is CC(NS(=O)(=O)c1cc(Br)ccc1Br)c1cccc(Br)c1. The van der Waals surface area contributed by atoms with Gasteiger partial charge in [0.05, 0.1) is 4.90 Å². The van der Waals surface area contributed by atoms with Gasteiger partial charge < -0.3 is 0 Å². The molecule has 1 unspecified atom stereocenters. The summed E-state index contributed by atoms with van der Waals surface area (Å²) in [4.78, 5) is 0.207. The van der Waals surface area contributed by atoms with Gasteiger partial charge >= 0.3 is 0 Å². The molecule has 0 aliphatic carbocycles. The van der Waals surface area contributed by atoms with Crippen LogP contribution in [0, 0.1) is 0 Å². The molecule has 3 nitrogen and oxygen atoms in total. The maximum Gasteiger partial charge on any atom is 0.242 e. The van der Waals surface area contributed by atoms with E-state index in [1.54, 1.807) is 18.2 Å². The molecule has 1 atom stereocenters. The third kappa shape index (κ3) is 4.39. The van der Waals surface area contributed by atoms with E-state index in [-0.39, 0.29) is 10.9 Å². The van der Waals surface area contributed by atoms with Crippen LogP contribution < -0.4 is 4.72 Å². The van der Waals surface area contributed by atoms with Gasteiger partial charge in [-0.05, 0) is 58.7 Å². The third-order valence-electron chi connectivity index (χ3n) is 2.86. The highest BCUT2D eigenvalue weighted by Crippen LogP contribution is 2.27. The average molecular weight is 498 g/mol. The Bertz CT molecular complexity index is 763. The minimum atomic E-state index is -3.62. The summed E-state index contributed by atoms with van der Waals surface area (Å²) in [6, 6.07) is 12.3. The molecule has 7 heteroatoms. The zero-order valence-electron chi connectivity index (χ0n) is 11.0. The van der Waals surface area contributed by atoms with E-state index in [2.05, 4.69) is 52.5 Å². The van der Waals surface area contributed by atoms with Crippen molar-refractivity contribution < 1.29 is 8.42 Å². The second-order valence-corrected chi connectivity index (χ2v) is 8.84. The molecule has 2 aromatic rings. The Morgan fingerprint density at radius 1 is 1.00 bits per heavy atom. The fourth-order valence-electron chi connectivity index (χ4n) is 1.82. The van der Waals surface area contributed by atoms with E-state index < -0.39 is 10.0 Å². The summed E-state index contributed by atoms with van der Waals surface area (Å²) in [5.41, 5.74) is 0.888. The zero-order valence-corrected chi connectivity index (χ0v) is 16.6. The lowest BCUT2D eigenvalue weighted by atomic mass is 10.1. The lowest BCUT2D eigenvalue weighted by Crippen LogP contribution is -2.27. The van der Waals surface area contributed by atoms with E-state index in [0.717, 1.165) is 10.0 Å². The number of sulfonamides is 1. The largest absolute Gasteiger partial charge is 0.242 e. The van der Waals surface area contributed by atoms with Crippen LogP contribution in [0.3, 0.4) is 0 Å². The molecule has 112 valence electrons. The van der Waals surface area contributed by atoms with Crippen LogP contribution in [0.15, 0.2) is 60.8 Å². The second kappa shape index (κ2) is 6.91. The molecular formula is C14H12Br3NO2S. The summed E-state index contributed by atoms with van der Waals surface area (Å²) in [6.07, 6.45) is 0. The molecule has 0 heterocycles. The molecule has 0 saturated carbocycles. The van der Waals surface area contributed by atoms with E-state index in [9.17, 15) is 8.42 Å². The van der Waals surface area contributed by atoms with Crippen LogP contribution in [-0.4, -0.2) is 8.42 Å². The molecule has 1 N–H and O–H groups in total. The van der Waals surface area contributed by atoms with E-state index in [1.165, 1.54) is 0 Å². The van der Waals surface area contributed by atoms with Crippen LogP contribution >= 0.6 is 47.8 Å². The summed E-state index contributed by atoms with van der Waals surface area (Å²) < 4.78 is 29.8. The predicted octanol–water partition coefficient (Wildman–Crippen LogP) is 5.01. The highest BCUT2D eigenvalue weighted by atomic mass is 79.9. The van der Waals surface area contributed by atoms with E-state index in [4.69, 9.17) is 0 Å². The van der Waals surface area contributed by atoms with Gasteiger partial charge in [0.15, 0.2) is 0 Å². The van der Waals surface area contributed by atoms with Crippen molar-refractivity contribution in [1.29, 1.82) is 0 Å². The Morgan fingerprint density at radius 2 is 1.67 bits per heavy atom. The average Bonchev–Trinajstić information content (AvgIpc) is 2.41. The van der Waals surface area contributed by atoms with Crippen molar-refractivity contribution in [3.05, 3.63) is 61.4 Å². The number of nitrogens with one attached hydrogen (secondary N) is 1. The highest BCUT2D eigenvalue weighted by molar-refractivity contribution is 9.11. The second-order valence-electron chi connectivity index (χ2n) is 4.47. The molecule has 0 radical (unpaired) electrons. The number of benzene rings is 2. The first-order valence-corrected chi connectivity index (χ1v) is 9.88. The Balaban J connectivity index is 2.31.